The Morgan fingerprint density at radius 3 is 2.61 bits per heavy atom. The van der Waals surface area contributed by atoms with Crippen LogP contribution >= 0.6 is 24.2 Å². The van der Waals surface area contributed by atoms with Crippen LogP contribution in [0.25, 0.3) is 0 Å². The van der Waals surface area contributed by atoms with Crippen molar-refractivity contribution >= 4 is 30.1 Å². The van der Waals surface area contributed by atoms with Crippen LogP contribution in [0, 0.1) is 5.82 Å². The Morgan fingerprint density at radius 1 is 1.33 bits per heavy atom. The third-order valence-electron chi connectivity index (χ3n) is 2.06. The van der Waals surface area contributed by atoms with Crippen LogP contribution in [-0.4, -0.2) is 31.8 Å². The van der Waals surface area contributed by atoms with E-state index in [4.69, 9.17) is 0 Å². The van der Waals surface area contributed by atoms with Gasteiger partial charge in [-0.2, -0.15) is 0 Å². The number of rotatable bonds is 7. The average Bonchev–Trinajstić information content (AvgIpc) is 2.31. The molecule has 0 aliphatic rings. The molecule has 0 unspecified atom stereocenters. The third-order valence-corrected chi connectivity index (χ3v) is 3.16. The Balaban J connectivity index is 0.00000289. The van der Waals surface area contributed by atoms with Gasteiger partial charge in [0.2, 0.25) is 5.91 Å². The molecular weight excluding hydrogens is 275 g/mol. The van der Waals surface area contributed by atoms with Crippen molar-refractivity contribution in [1.29, 1.82) is 0 Å². The Hall–Kier alpha value is -0.780. The van der Waals surface area contributed by atoms with Gasteiger partial charge in [0.1, 0.15) is 5.82 Å². The van der Waals surface area contributed by atoms with Crippen LogP contribution in [0.1, 0.15) is 6.42 Å². The monoisotopic (exact) mass is 292 g/mol. The molecule has 0 heterocycles. The van der Waals surface area contributed by atoms with Gasteiger partial charge in [0.25, 0.3) is 0 Å². The van der Waals surface area contributed by atoms with Gasteiger partial charge in [0, 0.05) is 11.4 Å². The van der Waals surface area contributed by atoms with Gasteiger partial charge in [0.15, 0.2) is 0 Å². The van der Waals surface area contributed by atoms with Crippen LogP contribution in [-0.2, 0) is 4.79 Å². The number of likely N-dealkylation sites (N-methyl/N-ethyl adjacent to an activating group) is 1. The van der Waals surface area contributed by atoms with E-state index in [2.05, 4.69) is 10.6 Å². The number of halogens is 2. The van der Waals surface area contributed by atoms with Crippen molar-refractivity contribution in [2.75, 3.05) is 25.9 Å². The van der Waals surface area contributed by atoms with Crippen LogP contribution in [0.15, 0.2) is 29.2 Å². The molecule has 0 aromatic heterocycles. The highest BCUT2D eigenvalue weighted by Gasteiger charge is 1.98. The lowest BCUT2D eigenvalue weighted by Gasteiger charge is -2.04. The van der Waals surface area contributed by atoms with E-state index in [1.54, 1.807) is 30.9 Å². The standard InChI is InChI=1S/C12H17FN2OS.ClH/c1-14-9-12(16)15-7-2-8-17-11-5-3-10(13)4-6-11;/h3-6,14H,2,7-9H2,1H3,(H,15,16);1H. The summed E-state index contributed by atoms with van der Waals surface area (Å²) in [6.07, 6.45) is 0.900. The molecule has 0 radical (unpaired) electrons. The number of hydrogen-bond donors (Lipinski definition) is 2. The molecule has 0 aliphatic carbocycles. The molecule has 1 rings (SSSR count). The second-order valence-electron chi connectivity index (χ2n) is 3.54. The molecule has 0 bridgehead atoms. The van der Waals surface area contributed by atoms with Crippen LogP contribution in [0.5, 0.6) is 0 Å². The lowest BCUT2D eigenvalue weighted by molar-refractivity contribution is -0.120. The molecule has 1 aromatic rings. The molecule has 102 valence electrons. The molecular formula is C12H18ClFN2OS. The summed E-state index contributed by atoms with van der Waals surface area (Å²) in [7, 11) is 1.74. The summed E-state index contributed by atoms with van der Waals surface area (Å²) in [6.45, 7) is 1.03. The topological polar surface area (TPSA) is 41.1 Å². The summed E-state index contributed by atoms with van der Waals surface area (Å²) in [6, 6.07) is 6.44. The van der Waals surface area contributed by atoms with Gasteiger partial charge in [0.05, 0.1) is 6.54 Å². The summed E-state index contributed by atoms with van der Waals surface area (Å²) < 4.78 is 12.6. The zero-order valence-corrected chi connectivity index (χ0v) is 11.9. The predicted octanol–water partition coefficient (Wildman–Crippen LogP) is 2.07. The SMILES string of the molecule is CNCC(=O)NCCCSc1ccc(F)cc1.Cl. The van der Waals surface area contributed by atoms with Crippen LogP contribution in [0.3, 0.4) is 0 Å². The Morgan fingerprint density at radius 2 is 2.00 bits per heavy atom. The number of carbonyl (C=O) groups excluding carboxylic acids is 1. The number of amides is 1. The summed E-state index contributed by atoms with van der Waals surface area (Å²) in [5.74, 6) is 0.707. The minimum atomic E-state index is -0.214. The Labute approximate surface area is 117 Å². The van der Waals surface area contributed by atoms with E-state index in [0.717, 1.165) is 17.1 Å². The first-order valence-electron chi connectivity index (χ1n) is 5.52. The van der Waals surface area contributed by atoms with E-state index in [1.165, 1.54) is 12.1 Å². The van der Waals surface area contributed by atoms with Gasteiger partial charge in [-0.05, 0) is 43.5 Å². The van der Waals surface area contributed by atoms with Gasteiger partial charge in [-0.15, -0.1) is 24.2 Å². The zero-order chi connectivity index (χ0) is 12.5. The Kier molecular flexibility index (Phi) is 9.73. The van der Waals surface area contributed by atoms with Crippen molar-refractivity contribution in [3.05, 3.63) is 30.1 Å². The Bertz CT molecular complexity index is 348. The number of benzene rings is 1. The first-order valence-corrected chi connectivity index (χ1v) is 6.50. The van der Waals surface area contributed by atoms with E-state index in [9.17, 15) is 9.18 Å². The highest BCUT2D eigenvalue weighted by atomic mass is 35.5. The average molecular weight is 293 g/mol. The number of hydrogen-bond acceptors (Lipinski definition) is 3. The van der Waals surface area contributed by atoms with Crippen LogP contribution < -0.4 is 10.6 Å². The fraction of sp³-hybridized carbons (Fsp3) is 0.417. The van der Waals surface area contributed by atoms with Crippen molar-refractivity contribution in [1.82, 2.24) is 10.6 Å². The molecule has 0 aliphatic heterocycles. The van der Waals surface area contributed by atoms with Crippen molar-refractivity contribution in [2.24, 2.45) is 0 Å². The van der Waals surface area contributed by atoms with E-state index >= 15 is 0 Å². The van der Waals surface area contributed by atoms with Gasteiger partial charge in [-0.1, -0.05) is 0 Å². The van der Waals surface area contributed by atoms with Gasteiger partial charge in [-0.25, -0.2) is 4.39 Å². The largest absolute Gasteiger partial charge is 0.355 e. The molecule has 0 saturated carbocycles. The van der Waals surface area contributed by atoms with E-state index < -0.39 is 0 Å². The lowest BCUT2D eigenvalue weighted by Crippen LogP contribution is -2.32. The third kappa shape index (κ3) is 7.53. The highest BCUT2D eigenvalue weighted by molar-refractivity contribution is 7.99. The minimum Gasteiger partial charge on any atom is -0.355 e. The zero-order valence-electron chi connectivity index (χ0n) is 10.2. The van der Waals surface area contributed by atoms with Crippen molar-refractivity contribution in [2.45, 2.75) is 11.3 Å². The molecule has 2 N–H and O–H groups in total. The fourth-order valence-electron chi connectivity index (χ4n) is 1.24. The lowest BCUT2D eigenvalue weighted by atomic mass is 10.4. The van der Waals surface area contributed by atoms with Crippen molar-refractivity contribution in [3.8, 4) is 0 Å². The van der Waals surface area contributed by atoms with Gasteiger partial charge in [-0.3, -0.25) is 4.79 Å². The second-order valence-corrected chi connectivity index (χ2v) is 4.70. The molecule has 0 saturated heterocycles. The van der Waals surface area contributed by atoms with E-state index in [-0.39, 0.29) is 24.1 Å². The minimum absolute atomic E-state index is 0. The molecule has 18 heavy (non-hydrogen) atoms. The molecule has 0 atom stereocenters. The number of thioether (sulfide) groups is 1. The summed E-state index contributed by atoms with van der Waals surface area (Å²) in [5, 5.41) is 5.59. The van der Waals surface area contributed by atoms with E-state index in [1.807, 2.05) is 0 Å². The number of carbonyl (C=O) groups is 1. The molecule has 1 aromatic carbocycles. The maximum Gasteiger partial charge on any atom is 0.233 e. The first kappa shape index (κ1) is 17.2. The summed E-state index contributed by atoms with van der Waals surface area (Å²) >= 11 is 1.66. The van der Waals surface area contributed by atoms with Gasteiger partial charge >= 0.3 is 0 Å². The highest BCUT2D eigenvalue weighted by Crippen LogP contribution is 2.18. The van der Waals surface area contributed by atoms with Crippen LogP contribution in [0.2, 0.25) is 0 Å². The first-order chi connectivity index (χ1) is 8.22. The maximum absolute atomic E-state index is 12.6. The molecule has 6 heteroatoms. The molecule has 3 nitrogen and oxygen atoms in total. The van der Waals surface area contributed by atoms with Crippen molar-refractivity contribution in [3.63, 3.8) is 0 Å². The van der Waals surface area contributed by atoms with E-state index in [0.29, 0.717) is 13.1 Å². The normalized spacial score (nSPS) is 9.67. The van der Waals surface area contributed by atoms with Crippen molar-refractivity contribution < 1.29 is 9.18 Å². The number of nitrogens with one attached hydrogen (secondary N) is 2. The fourth-order valence-corrected chi connectivity index (χ4v) is 2.10. The molecule has 0 spiro atoms. The second kappa shape index (κ2) is 10.2. The molecule has 1 amide bonds. The smallest absolute Gasteiger partial charge is 0.233 e. The van der Waals surface area contributed by atoms with Gasteiger partial charge < -0.3 is 10.6 Å². The summed E-state index contributed by atoms with van der Waals surface area (Å²) in [5.41, 5.74) is 0. The van der Waals surface area contributed by atoms with Crippen LogP contribution in [0.4, 0.5) is 4.39 Å². The quantitative estimate of drug-likeness (QED) is 0.597. The predicted molar refractivity (Wildman–Crippen MR) is 75.9 cm³/mol. The molecule has 0 fully saturated rings. The summed E-state index contributed by atoms with van der Waals surface area (Å²) in [4.78, 5) is 12.1. The maximum atomic E-state index is 12.6.